The number of rotatable bonds is 9. The van der Waals surface area contributed by atoms with Crippen LogP contribution < -0.4 is 14.4 Å². The third kappa shape index (κ3) is 6.49. The fraction of sp³-hybridized carbons (Fsp3) is 0.240. The molecule has 6 nitrogen and oxygen atoms in total. The Balaban J connectivity index is 1.74. The van der Waals surface area contributed by atoms with E-state index in [0.717, 1.165) is 21.0 Å². The molecule has 0 bridgehead atoms. The van der Waals surface area contributed by atoms with Crippen molar-refractivity contribution in [3.05, 3.63) is 88.4 Å². The van der Waals surface area contributed by atoms with E-state index in [1.54, 1.807) is 30.3 Å². The molecule has 8 heteroatoms. The van der Waals surface area contributed by atoms with Crippen molar-refractivity contribution in [1.29, 1.82) is 0 Å². The minimum Gasteiger partial charge on any atom is -0.492 e. The highest BCUT2D eigenvalue weighted by molar-refractivity contribution is 7.92. The van der Waals surface area contributed by atoms with Crippen LogP contribution in [0.3, 0.4) is 0 Å². The van der Waals surface area contributed by atoms with Gasteiger partial charge >= 0.3 is 0 Å². The standard InChI is InChI=1S/C25H27ClN2O4S/c1-18-7-11-23(12-8-18)33(30,31)28(21-10-9-20(3)24(26)16-21)17-25(29)27-13-14-32-22-6-4-5-19(2)15-22/h4-12,15-16H,13-14,17H2,1-3H3,(H,27,29). The van der Waals surface area contributed by atoms with Gasteiger partial charge in [-0.2, -0.15) is 0 Å². The lowest BCUT2D eigenvalue weighted by molar-refractivity contribution is -0.119. The molecule has 3 aromatic rings. The third-order valence-corrected chi connectivity index (χ3v) is 7.22. The van der Waals surface area contributed by atoms with Crippen LogP contribution in [0.4, 0.5) is 5.69 Å². The van der Waals surface area contributed by atoms with E-state index in [0.29, 0.717) is 16.5 Å². The quantitative estimate of drug-likeness (QED) is 0.446. The van der Waals surface area contributed by atoms with Crippen LogP contribution in [-0.4, -0.2) is 34.0 Å². The highest BCUT2D eigenvalue weighted by atomic mass is 35.5. The van der Waals surface area contributed by atoms with Gasteiger partial charge in [-0.25, -0.2) is 8.42 Å². The summed E-state index contributed by atoms with van der Waals surface area (Å²) in [6, 6.07) is 19.0. The maximum absolute atomic E-state index is 13.4. The molecule has 0 aromatic heterocycles. The molecule has 0 aliphatic rings. The number of ether oxygens (including phenoxy) is 1. The van der Waals surface area contributed by atoms with Gasteiger partial charge in [0.15, 0.2) is 0 Å². The van der Waals surface area contributed by atoms with Crippen molar-refractivity contribution >= 4 is 33.2 Å². The van der Waals surface area contributed by atoms with Crippen LogP contribution in [0.1, 0.15) is 16.7 Å². The summed E-state index contributed by atoms with van der Waals surface area (Å²) >= 11 is 6.24. The van der Waals surface area contributed by atoms with Crippen molar-refractivity contribution in [2.24, 2.45) is 0 Å². The predicted octanol–water partition coefficient (Wildman–Crippen LogP) is 4.66. The summed E-state index contributed by atoms with van der Waals surface area (Å²) in [5, 5.41) is 3.14. The minimum absolute atomic E-state index is 0.0976. The van der Waals surface area contributed by atoms with Crippen molar-refractivity contribution in [3.8, 4) is 5.75 Å². The molecule has 1 N–H and O–H groups in total. The largest absolute Gasteiger partial charge is 0.492 e. The number of aryl methyl sites for hydroxylation is 3. The van der Waals surface area contributed by atoms with Gasteiger partial charge < -0.3 is 10.1 Å². The van der Waals surface area contributed by atoms with Crippen LogP contribution in [0.15, 0.2) is 71.6 Å². The lowest BCUT2D eigenvalue weighted by atomic mass is 10.2. The molecule has 0 radical (unpaired) electrons. The van der Waals surface area contributed by atoms with Crippen LogP contribution in [0.5, 0.6) is 5.75 Å². The van der Waals surface area contributed by atoms with Gasteiger partial charge in [-0.3, -0.25) is 9.10 Å². The Bertz CT molecular complexity index is 1230. The smallest absolute Gasteiger partial charge is 0.264 e. The number of anilines is 1. The first-order chi connectivity index (χ1) is 15.7. The average molecular weight is 487 g/mol. The molecule has 0 aliphatic heterocycles. The topological polar surface area (TPSA) is 75.7 Å². The number of nitrogens with zero attached hydrogens (tertiary/aromatic N) is 1. The summed E-state index contributed by atoms with van der Waals surface area (Å²) in [6.45, 7) is 5.78. The maximum Gasteiger partial charge on any atom is 0.264 e. The molecule has 0 atom stereocenters. The maximum atomic E-state index is 13.4. The first kappa shape index (κ1) is 24.6. The second kappa shape index (κ2) is 10.7. The molecular formula is C25H27ClN2O4S. The molecular weight excluding hydrogens is 460 g/mol. The molecule has 174 valence electrons. The van der Waals surface area contributed by atoms with Crippen molar-refractivity contribution in [1.82, 2.24) is 5.32 Å². The summed E-state index contributed by atoms with van der Waals surface area (Å²) in [5.74, 6) is 0.261. The van der Waals surface area contributed by atoms with E-state index in [-0.39, 0.29) is 24.6 Å². The Labute approximate surface area is 200 Å². The summed E-state index contributed by atoms with van der Waals surface area (Å²) in [6.07, 6.45) is 0. The zero-order chi connectivity index (χ0) is 24.0. The van der Waals surface area contributed by atoms with Gasteiger partial charge in [0.25, 0.3) is 10.0 Å². The first-order valence-electron chi connectivity index (χ1n) is 10.5. The Hall–Kier alpha value is -3.03. The fourth-order valence-corrected chi connectivity index (χ4v) is 4.73. The lowest BCUT2D eigenvalue weighted by Gasteiger charge is -2.24. The van der Waals surface area contributed by atoms with Crippen molar-refractivity contribution < 1.29 is 17.9 Å². The van der Waals surface area contributed by atoms with Crippen molar-refractivity contribution in [3.63, 3.8) is 0 Å². The Kier molecular flexibility index (Phi) is 8.00. The van der Waals surface area contributed by atoms with Crippen LogP contribution in [-0.2, 0) is 14.8 Å². The van der Waals surface area contributed by atoms with Crippen LogP contribution in [0, 0.1) is 20.8 Å². The number of amides is 1. The van der Waals surface area contributed by atoms with Gasteiger partial charge in [-0.1, -0.05) is 47.5 Å². The van der Waals surface area contributed by atoms with E-state index >= 15 is 0 Å². The Morgan fingerprint density at radius 2 is 1.70 bits per heavy atom. The second-order valence-electron chi connectivity index (χ2n) is 7.77. The molecule has 1 amide bonds. The minimum atomic E-state index is -3.99. The molecule has 0 saturated heterocycles. The van der Waals surface area contributed by atoms with E-state index in [9.17, 15) is 13.2 Å². The first-order valence-corrected chi connectivity index (χ1v) is 12.3. The number of hydrogen-bond donors (Lipinski definition) is 1. The van der Waals surface area contributed by atoms with Crippen molar-refractivity contribution in [2.45, 2.75) is 25.7 Å². The van der Waals surface area contributed by atoms with Gasteiger partial charge in [-0.05, 0) is 68.3 Å². The van der Waals surface area contributed by atoms with E-state index in [1.807, 2.05) is 45.0 Å². The molecule has 0 fully saturated rings. The highest BCUT2D eigenvalue weighted by Gasteiger charge is 2.27. The lowest BCUT2D eigenvalue weighted by Crippen LogP contribution is -2.42. The van der Waals surface area contributed by atoms with Gasteiger partial charge in [-0.15, -0.1) is 0 Å². The molecule has 3 aromatic carbocycles. The number of sulfonamides is 1. The Morgan fingerprint density at radius 3 is 2.36 bits per heavy atom. The number of carbonyl (C=O) groups excluding carboxylic acids is 1. The summed E-state index contributed by atoms with van der Waals surface area (Å²) < 4.78 is 33.5. The number of carbonyl (C=O) groups is 1. The third-order valence-electron chi connectivity index (χ3n) is 5.02. The van der Waals surface area contributed by atoms with E-state index < -0.39 is 15.9 Å². The number of hydrogen-bond acceptors (Lipinski definition) is 4. The molecule has 0 heterocycles. The van der Waals surface area contributed by atoms with Gasteiger partial charge in [0.1, 0.15) is 18.9 Å². The zero-order valence-electron chi connectivity index (χ0n) is 18.8. The van der Waals surface area contributed by atoms with Crippen LogP contribution >= 0.6 is 11.6 Å². The normalized spacial score (nSPS) is 11.2. The van der Waals surface area contributed by atoms with Gasteiger partial charge in [0.05, 0.1) is 17.1 Å². The number of benzene rings is 3. The molecule has 0 aliphatic carbocycles. The zero-order valence-corrected chi connectivity index (χ0v) is 20.4. The average Bonchev–Trinajstić information content (AvgIpc) is 2.77. The summed E-state index contributed by atoms with van der Waals surface area (Å²) in [4.78, 5) is 12.8. The van der Waals surface area contributed by atoms with E-state index in [2.05, 4.69) is 5.32 Å². The fourth-order valence-electron chi connectivity index (χ4n) is 3.14. The second-order valence-corrected chi connectivity index (χ2v) is 10.0. The highest BCUT2D eigenvalue weighted by Crippen LogP contribution is 2.28. The van der Waals surface area contributed by atoms with Gasteiger partial charge in [0.2, 0.25) is 5.91 Å². The van der Waals surface area contributed by atoms with Crippen LogP contribution in [0.2, 0.25) is 5.02 Å². The molecule has 0 unspecified atom stereocenters. The van der Waals surface area contributed by atoms with Crippen molar-refractivity contribution in [2.75, 3.05) is 24.0 Å². The summed E-state index contributed by atoms with van der Waals surface area (Å²) in [7, 11) is -3.99. The number of halogens is 1. The molecule has 0 spiro atoms. The van der Waals surface area contributed by atoms with Crippen LogP contribution in [0.25, 0.3) is 0 Å². The molecule has 3 rings (SSSR count). The monoisotopic (exact) mass is 486 g/mol. The van der Waals surface area contributed by atoms with E-state index in [1.165, 1.54) is 12.1 Å². The number of nitrogens with one attached hydrogen (secondary N) is 1. The van der Waals surface area contributed by atoms with E-state index in [4.69, 9.17) is 16.3 Å². The summed E-state index contributed by atoms with van der Waals surface area (Å²) in [5.41, 5.74) is 3.14. The van der Waals surface area contributed by atoms with Gasteiger partial charge in [0, 0.05) is 5.02 Å². The SMILES string of the molecule is Cc1ccc(S(=O)(=O)N(CC(=O)NCCOc2cccc(C)c2)c2ccc(C)c(Cl)c2)cc1. The predicted molar refractivity (Wildman–Crippen MR) is 132 cm³/mol. The molecule has 0 saturated carbocycles. The Morgan fingerprint density at radius 1 is 0.970 bits per heavy atom. The molecule has 33 heavy (non-hydrogen) atoms.